The van der Waals surface area contributed by atoms with Crippen LogP contribution in [-0.4, -0.2) is 22.4 Å². The molecule has 0 saturated carbocycles. The Morgan fingerprint density at radius 3 is 2.70 bits per heavy atom. The highest BCUT2D eigenvalue weighted by atomic mass is 16.2. The maximum Gasteiger partial charge on any atom is 0.230 e. The molecule has 106 valence electrons. The molecule has 0 fully saturated rings. The van der Waals surface area contributed by atoms with Crippen molar-refractivity contribution in [1.82, 2.24) is 15.3 Å². The Bertz CT molecular complexity index is 532. The van der Waals surface area contributed by atoms with Gasteiger partial charge in [-0.1, -0.05) is 30.3 Å². The molecule has 4 nitrogen and oxygen atoms in total. The number of hydrogen-bond acceptors (Lipinski definition) is 2. The molecule has 20 heavy (non-hydrogen) atoms. The van der Waals surface area contributed by atoms with Gasteiger partial charge in [-0.3, -0.25) is 4.79 Å². The summed E-state index contributed by atoms with van der Waals surface area (Å²) in [5.41, 5.74) is 0.523. The maximum absolute atomic E-state index is 12.3. The minimum atomic E-state index is -0.508. The lowest BCUT2D eigenvalue weighted by Crippen LogP contribution is -2.40. The van der Waals surface area contributed by atoms with Gasteiger partial charge >= 0.3 is 0 Å². The average Bonchev–Trinajstić information content (AvgIpc) is 2.97. The fourth-order valence-corrected chi connectivity index (χ4v) is 2.10. The third-order valence-corrected chi connectivity index (χ3v) is 3.49. The first-order chi connectivity index (χ1) is 9.60. The van der Waals surface area contributed by atoms with Crippen molar-refractivity contribution in [2.45, 2.75) is 32.1 Å². The topological polar surface area (TPSA) is 57.8 Å². The molecule has 0 bridgehead atoms. The van der Waals surface area contributed by atoms with E-state index in [-0.39, 0.29) is 5.91 Å². The molecule has 0 aliphatic rings. The van der Waals surface area contributed by atoms with Crippen molar-refractivity contribution < 1.29 is 4.79 Å². The molecule has 2 N–H and O–H groups in total. The number of aromatic amines is 1. The number of nitrogens with one attached hydrogen (secondary N) is 2. The summed E-state index contributed by atoms with van der Waals surface area (Å²) in [5.74, 6) is 1.02. The molecule has 0 unspecified atom stereocenters. The second-order valence-corrected chi connectivity index (χ2v) is 5.39. The highest BCUT2D eigenvalue weighted by Gasteiger charge is 2.28. The predicted molar refractivity (Wildman–Crippen MR) is 79.4 cm³/mol. The minimum absolute atomic E-state index is 0.0585. The van der Waals surface area contributed by atoms with E-state index in [1.165, 1.54) is 0 Å². The summed E-state index contributed by atoms with van der Waals surface area (Å²) in [6.07, 6.45) is 5.28. The molecule has 1 amide bonds. The quantitative estimate of drug-likeness (QED) is 0.793. The van der Waals surface area contributed by atoms with Gasteiger partial charge in [-0.15, -0.1) is 0 Å². The molecular weight excluding hydrogens is 250 g/mol. The fraction of sp³-hybridized carbons (Fsp3) is 0.375. The summed E-state index contributed by atoms with van der Waals surface area (Å²) >= 11 is 0. The van der Waals surface area contributed by atoms with Crippen molar-refractivity contribution in [1.29, 1.82) is 0 Å². The van der Waals surface area contributed by atoms with Crippen LogP contribution in [0.25, 0.3) is 0 Å². The zero-order chi connectivity index (χ0) is 14.4. The molecule has 2 rings (SSSR count). The van der Waals surface area contributed by atoms with E-state index in [1.54, 1.807) is 6.20 Å². The SMILES string of the molecule is CC(C)(C(=O)NCCCc1ncc[nH]1)c1ccccc1. The monoisotopic (exact) mass is 271 g/mol. The minimum Gasteiger partial charge on any atom is -0.355 e. The molecule has 1 aromatic heterocycles. The zero-order valence-corrected chi connectivity index (χ0v) is 12.0. The lowest BCUT2D eigenvalue weighted by atomic mass is 9.84. The van der Waals surface area contributed by atoms with Crippen LogP contribution in [0.5, 0.6) is 0 Å². The van der Waals surface area contributed by atoms with Gasteiger partial charge < -0.3 is 10.3 Å². The third-order valence-electron chi connectivity index (χ3n) is 3.49. The molecule has 0 aliphatic carbocycles. The van der Waals surface area contributed by atoms with Crippen molar-refractivity contribution in [3.8, 4) is 0 Å². The second kappa shape index (κ2) is 6.37. The molecule has 0 spiro atoms. The number of hydrogen-bond donors (Lipinski definition) is 2. The van der Waals surface area contributed by atoms with Gasteiger partial charge in [-0.05, 0) is 25.8 Å². The van der Waals surface area contributed by atoms with Gasteiger partial charge in [0, 0.05) is 25.4 Å². The van der Waals surface area contributed by atoms with Crippen LogP contribution in [0.3, 0.4) is 0 Å². The number of aryl methyl sites for hydroxylation is 1. The van der Waals surface area contributed by atoms with E-state index in [4.69, 9.17) is 0 Å². The van der Waals surface area contributed by atoms with Crippen LogP contribution in [0.15, 0.2) is 42.7 Å². The van der Waals surface area contributed by atoms with E-state index in [9.17, 15) is 4.79 Å². The van der Waals surface area contributed by atoms with Crippen LogP contribution in [-0.2, 0) is 16.6 Å². The first-order valence-electron chi connectivity index (χ1n) is 6.93. The Morgan fingerprint density at radius 1 is 1.30 bits per heavy atom. The van der Waals surface area contributed by atoms with E-state index in [0.29, 0.717) is 6.54 Å². The van der Waals surface area contributed by atoms with Crippen LogP contribution in [0.1, 0.15) is 31.7 Å². The van der Waals surface area contributed by atoms with Crippen LogP contribution in [0, 0.1) is 0 Å². The summed E-state index contributed by atoms with van der Waals surface area (Å²) in [6.45, 7) is 4.56. The highest BCUT2D eigenvalue weighted by Crippen LogP contribution is 2.22. The number of rotatable bonds is 6. The predicted octanol–water partition coefficient (Wildman–Crippen LogP) is 2.44. The van der Waals surface area contributed by atoms with Crippen molar-refractivity contribution in [3.05, 3.63) is 54.1 Å². The number of nitrogens with zero attached hydrogens (tertiary/aromatic N) is 1. The smallest absolute Gasteiger partial charge is 0.230 e. The zero-order valence-electron chi connectivity index (χ0n) is 12.0. The molecule has 0 aliphatic heterocycles. The number of amides is 1. The molecule has 0 radical (unpaired) electrons. The largest absolute Gasteiger partial charge is 0.355 e. The number of carbonyl (C=O) groups excluding carboxylic acids is 1. The molecule has 2 aromatic rings. The van der Waals surface area contributed by atoms with E-state index in [0.717, 1.165) is 24.2 Å². The molecule has 4 heteroatoms. The number of imidazole rings is 1. The second-order valence-electron chi connectivity index (χ2n) is 5.39. The Morgan fingerprint density at radius 2 is 2.05 bits per heavy atom. The van der Waals surface area contributed by atoms with Gasteiger partial charge in [0.2, 0.25) is 5.91 Å². The normalized spacial score (nSPS) is 11.3. The lowest BCUT2D eigenvalue weighted by Gasteiger charge is -2.24. The Kier molecular flexibility index (Phi) is 4.56. The third kappa shape index (κ3) is 3.47. The summed E-state index contributed by atoms with van der Waals surface area (Å²) in [4.78, 5) is 19.5. The molecule has 1 aromatic carbocycles. The molecule has 0 saturated heterocycles. The molecule has 0 atom stereocenters. The van der Waals surface area contributed by atoms with E-state index < -0.39 is 5.41 Å². The van der Waals surface area contributed by atoms with Gasteiger partial charge in [0.25, 0.3) is 0 Å². The lowest BCUT2D eigenvalue weighted by molar-refractivity contribution is -0.125. The van der Waals surface area contributed by atoms with Gasteiger partial charge in [0.1, 0.15) is 5.82 Å². The number of H-pyrrole nitrogens is 1. The van der Waals surface area contributed by atoms with Crippen LogP contribution in [0.4, 0.5) is 0 Å². The van der Waals surface area contributed by atoms with Crippen molar-refractivity contribution in [2.75, 3.05) is 6.54 Å². The van der Waals surface area contributed by atoms with Gasteiger partial charge in [-0.2, -0.15) is 0 Å². The Hall–Kier alpha value is -2.10. The maximum atomic E-state index is 12.3. The van der Waals surface area contributed by atoms with Crippen LogP contribution < -0.4 is 5.32 Å². The average molecular weight is 271 g/mol. The Balaban J connectivity index is 1.82. The first kappa shape index (κ1) is 14.3. The Labute approximate surface area is 119 Å². The molecule has 1 heterocycles. The summed E-state index contributed by atoms with van der Waals surface area (Å²) < 4.78 is 0. The first-order valence-corrected chi connectivity index (χ1v) is 6.93. The van der Waals surface area contributed by atoms with Crippen molar-refractivity contribution >= 4 is 5.91 Å². The van der Waals surface area contributed by atoms with Crippen LogP contribution >= 0.6 is 0 Å². The van der Waals surface area contributed by atoms with Gasteiger partial charge in [-0.25, -0.2) is 4.98 Å². The highest BCUT2D eigenvalue weighted by molar-refractivity contribution is 5.87. The molecular formula is C16H21N3O. The summed E-state index contributed by atoms with van der Waals surface area (Å²) in [7, 11) is 0. The number of benzene rings is 1. The van der Waals surface area contributed by atoms with E-state index in [1.807, 2.05) is 50.4 Å². The summed E-state index contributed by atoms with van der Waals surface area (Å²) in [5, 5.41) is 3.00. The fourth-order valence-electron chi connectivity index (χ4n) is 2.10. The van der Waals surface area contributed by atoms with E-state index in [2.05, 4.69) is 15.3 Å². The van der Waals surface area contributed by atoms with Gasteiger partial charge in [0.15, 0.2) is 0 Å². The van der Waals surface area contributed by atoms with Crippen molar-refractivity contribution in [3.63, 3.8) is 0 Å². The van der Waals surface area contributed by atoms with Crippen LogP contribution in [0.2, 0.25) is 0 Å². The van der Waals surface area contributed by atoms with E-state index >= 15 is 0 Å². The standard InChI is InChI=1S/C16H21N3O/c1-16(2,13-7-4-3-5-8-13)15(20)19-10-6-9-14-17-11-12-18-14/h3-5,7-8,11-12H,6,9-10H2,1-2H3,(H,17,18)(H,19,20). The summed E-state index contributed by atoms with van der Waals surface area (Å²) in [6, 6.07) is 9.86. The number of carbonyl (C=O) groups is 1. The van der Waals surface area contributed by atoms with Gasteiger partial charge in [0.05, 0.1) is 5.41 Å². The van der Waals surface area contributed by atoms with Crippen molar-refractivity contribution in [2.24, 2.45) is 0 Å². The number of aromatic nitrogens is 2.